The van der Waals surface area contributed by atoms with E-state index in [9.17, 15) is 65.6 Å². The van der Waals surface area contributed by atoms with Crippen molar-refractivity contribution in [3.05, 3.63) is 102 Å². The zero-order valence-electron chi connectivity index (χ0n) is 60.8. The minimum Gasteiger partial charge on any atom is -0.462 e. The summed E-state index contributed by atoms with van der Waals surface area (Å²) >= 11 is 0. The lowest BCUT2D eigenvalue weighted by molar-refractivity contribution is -0.150. The fourth-order valence-corrected chi connectivity index (χ4v) is 13.3. The number of nitrogens with one attached hydrogen (secondary N) is 6. The predicted molar refractivity (Wildman–Crippen MR) is 374 cm³/mol. The van der Waals surface area contributed by atoms with E-state index in [4.69, 9.17) is 42.0 Å². The monoisotopic (exact) mass is 1570 g/mol. The maximum Gasteiger partial charge on any atom is 0.513 e. The summed E-state index contributed by atoms with van der Waals surface area (Å²) in [5.74, 6) is -14.8. The van der Waals surface area contributed by atoms with Crippen LogP contribution in [-0.4, -0.2) is 179 Å². The molecule has 0 spiro atoms. The van der Waals surface area contributed by atoms with Gasteiger partial charge in [0, 0.05) is 14.1 Å². The van der Waals surface area contributed by atoms with E-state index in [-0.39, 0.29) is 59.2 Å². The standard InChI is InChI=1S/C30H43FN7O9P.C18H17F5NO5P.C18H27FN6O5/c1-7-8-12-15-43-29(41)36-28-34-24(32-6)22-25(35-28)38(17-33-22)27-30(5,31)23(39)21(46-27)16-44-48(42,47-20-13-10-9-11-14-20)37-19(4)26(40)45-18(2)3;1-9(2)27-18(25)10(3)24-30(26,28-11-7-5-4-6-8-11)29-17-15(22)13(20)12(19)14(21)16(17)23;1-4-5-6-7-29-17(28)24-16-22-13(20-3)11-14(23-16)25(9-21-11)15-18(2,19)12(27)10(8-26)30-15/h9-11,13-14,17-19,21,23,27,39H,7-8,12,15-16H2,1-6H3,(H,37,42)(H2,32,34,35,36,41);4-10H,1-3H3,(H,24,26);9-10,12,15,26-27H,4-8H2,1-3H3,(H2,20,22,23,24,28)/t19-,21+,23+,27+,30+,48-;10-,30-;10-,12-,15-,18-/m001/s1. The summed E-state index contributed by atoms with van der Waals surface area (Å²) in [6, 6.07) is 12.6. The van der Waals surface area contributed by atoms with Crippen molar-refractivity contribution in [2.45, 2.75) is 180 Å². The van der Waals surface area contributed by atoms with Crippen molar-refractivity contribution in [3.8, 4) is 17.2 Å². The molecule has 0 radical (unpaired) electrons. The molecule has 6 heterocycles. The number of alkyl halides is 2. The van der Waals surface area contributed by atoms with Gasteiger partial charge in [-0.25, -0.2) is 50.6 Å². The van der Waals surface area contributed by atoms with Crippen LogP contribution < -0.4 is 45.0 Å². The third-order valence-corrected chi connectivity index (χ3v) is 18.9. The highest BCUT2D eigenvalue weighted by Gasteiger charge is 2.57. The number of imidazole rings is 2. The van der Waals surface area contributed by atoms with E-state index in [1.54, 1.807) is 52.2 Å². The van der Waals surface area contributed by atoms with Crippen molar-refractivity contribution >= 4 is 85.5 Å². The van der Waals surface area contributed by atoms with Gasteiger partial charge in [0.2, 0.25) is 46.7 Å². The molecule has 0 unspecified atom stereocenters. The first-order valence-corrected chi connectivity index (χ1v) is 37.0. The molecular weight excluding hydrogens is 1490 g/mol. The van der Waals surface area contributed by atoms with Crippen molar-refractivity contribution in [2.24, 2.45) is 0 Å². The average molecular weight is 1580 g/mol. The number of ether oxygens (including phenoxy) is 6. The summed E-state index contributed by atoms with van der Waals surface area (Å²) in [7, 11) is -6.05. The van der Waals surface area contributed by atoms with Gasteiger partial charge in [-0.3, -0.25) is 33.9 Å². The van der Waals surface area contributed by atoms with Gasteiger partial charge in [0.1, 0.15) is 48.0 Å². The Hall–Kier alpha value is -9.11. The molecule has 3 aromatic carbocycles. The van der Waals surface area contributed by atoms with Crippen LogP contribution >= 0.6 is 15.5 Å². The normalized spacial score (nSPS) is 21.3. The number of aliphatic hydroxyl groups is 3. The highest BCUT2D eigenvalue weighted by molar-refractivity contribution is 7.52. The average Bonchev–Trinajstić information content (AvgIpc) is 1.58. The van der Waals surface area contributed by atoms with Gasteiger partial charge in [0.05, 0.1) is 51.3 Å². The number of rotatable bonds is 32. The Labute approximate surface area is 615 Å². The number of aliphatic hydroxyl groups excluding tert-OH is 3. The number of hydrogen-bond acceptors (Lipinski definition) is 27. The third-order valence-electron chi connectivity index (χ3n) is 15.7. The number of unbranched alkanes of at least 4 members (excludes halogenated alkanes) is 4. The van der Waals surface area contributed by atoms with Crippen LogP contribution in [0.2, 0.25) is 0 Å². The Bertz CT molecular complexity index is 4270. The van der Waals surface area contributed by atoms with E-state index in [2.05, 4.69) is 65.9 Å². The number of esters is 2. The SMILES string of the molecule is CC(C)OC(=O)[C@H](C)N[P@](=O)(Oc1ccccc1)Oc1c(F)c(F)c(F)c(F)c1F.CCCCCOC(=O)Nc1nc(NC)c2ncn([C@@H]3O[C@H](CO)[C@@H](O)[C@@]3(C)F)c2n1.CCCCCOC(=O)Nc1nc(NC)c2ncn([C@@H]3O[C@H](CO[P@@](=O)(N[C@@H](C)C(=O)OC(C)C)Oc4ccccc4)[C@@H](O)[C@@]3(C)F)c2n1. The molecule has 0 aliphatic carbocycles. The Morgan fingerprint density at radius 3 is 1.35 bits per heavy atom. The van der Waals surface area contributed by atoms with Crippen LogP contribution in [0.25, 0.3) is 22.3 Å². The van der Waals surface area contributed by atoms with Crippen LogP contribution in [0.4, 0.5) is 63.9 Å². The van der Waals surface area contributed by atoms with E-state index < -0.39 is 160 Å². The van der Waals surface area contributed by atoms with Crippen LogP contribution in [0.5, 0.6) is 17.2 Å². The highest BCUT2D eigenvalue weighted by atomic mass is 31.2. The van der Waals surface area contributed by atoms with Crippen LogP contribution in [-0.2, 0) is 51.7 Å². The molecular formula is C66H87F7N14O19P2. The number of carbonyl (C=O) groups is 4. The van der Waals surface area contributed by atoms with E-state index in [1.165, 1.54) is 92.8 Å². The van der Waals surface area contributed by atoms with E-state index in [0.717, 1.165) is 39.0 Å². The molecule has 108 heavy (non-hydrogen) atoms. The largest absolute Gasteiger partial charge is 0.513 e. The first-order valence-electron chi connectivity index (χ1n) is 33.9. The Morgan fingerprint density at radius 2 is 0.963 bits per heavy atom. The number of anilines is 4. The van der Waals surface area contributed by atoms with Gasteiger partial charge >= 0.3 is 39.6 Å². The third kappa shape index (κ3) is 21.9. The fraction of sp³-hybridized carbons (Fsp3) is 0.515. The van der Waals surface area contributed by atoms with Crippen molar-refractivity contribution in [1.29, 1.82) is 0 Å². The molecule has 0 saturated carbocycles. The molecule has 9 N–H and O–H groups in total. The summed E-state index contributed by atoms with van der Waals surface area (Å²) < 4.78 is 182. The van der Waals surface area contributed by atoms with E-state index in [0.29, 0.717) is 17.8 Å². The summed E-state index contributed by atoms with van der Waals surface area (Å²) in [5, 5.41) is 45.8. The highest BCUT2D eigenvalue weighted by Crippen LogP contribution is 2.50. The van der Waals surface area contributed by atoms with Gasteiger partial charge in [-0.1, -0.05) is 75.9 Å². The smallest absolute Gasteiger partial charge is 0.462 e. The molecule has 2 aliphatic rings. The number of amides is 2. The summed E-state index contributed by atoms with van der Waals surface area (Å²) in [6.45, 7) is 14.7. The molecule has 594 valence electrons. The molecule has 2 fully saturated rings. The minimum absolute atomic E-state index is 0.0630. The van der Waals surface area contributed by atoms with Gasteiger partial charge < -0.3 is 67.9 Å². The van der Waals surface area contributed by atoms with Crippen LogP contribution in [0, 0.1) is 29.1 Å². The second-order valence-corrected chi connectivity index (χ2v) is 28.4. The Morgan fingerprint density at radius 1 is 0.574 bits per heavy atom. The van der Waals surface area contributed by atoms with Gasteiger partial charge in [0.25, 0.3) is 0 Å². The first-order chi connectivity index (χ1) is 51.0. The maximum atomic E-state index is 16.3. The summed E-state index contributed by atoms with van der Waals surface area (Å²) in [6.07, 6.45) is -3.17. The maximum absolute atomic E-state index is 16.3. The Kier molecular flexibility index (Phi) is 30.5. The number of carbonyl (C=O) groups excluding carboxylic acids is 4. The molecule has 12 atom stereocenters. The van der Waals surface area contributed by atoms with Crippen LogP contribution in [0.15, 0.2) is 73.3 Å². The lowest BCUT2D eigenvalue weighted by Crippen LogP contribution is -2.41. The lowest BCUT2D eigenvalue weighted by Gasteiger charge is -2.25. The number of benzene rings is 3. The van der Waals surface area contributed by atoms with E-state index in [1.807, 2.05) is 13.8 Å². The molecule has 2 saturated heterocycles. The number of para-hydroxylation sites is 2. The number of halogens is 7. The number of aromatic nitrogens is 8. The molecule has 7 aromatic rings. The molecule has 2 aliphatic heterocycles. The molecule has 9 rings (SSSR count). The number of fused-ring (bicyclic) bond motifs is 2. The number of hydrogen-bond donors (Lipinski definition) is 9. The second-order valence-electron chi connectivity index (χ2n) is 25.1. The van der Waals surface area contributed by atoms with Gasteiger partial charge in [-0.2, -0.15) is 38.9 Å². The van der Waals surface area contributed by atoms with Crippen molar-refractivity contribution < 1.29 is 121 Å². The zero-order chi connectivity index (χ0) is 79.6. The van der Waals surface area contributed by atoms with Gasteiger partial charge in [0.15, 0.2) is 57.8 Å². The first kappa shape index (κ1) is 86.1. The van der Waals surface area contributed by atoms with Crippen molar-refractivity contribution in [2.75, 3.05) is 61.8 Å². The van der Waals surface area contributed by atoms with Crippen LogP contribution in [0.1, 0.15) is 120 Å². The molecule has 4 aromatic heterocycles. The number of nitrogens with zero attached hydrogens (tertiary/aromatic N) is 8. The predicted octanol–water partition coefficient (Wildman–Crippen LogP) is 11.2. The topological polar surface area (TPSA) is 415 Å². The fourth-order valence-electron chi connectivity index (χ4n) is 10.2. The molecule has 33 nitrogen and oxygen atoms in total. The van der Waals surface area contributed by atoms with E-state index >= 15 is 8.78 Å². The van der Waals surface area contributed by atoms with Crippen molar-refractivity contribution in [1.82, 2.24) is 49.2 Å². The molecule has 0 bridgehead atoms. The summed E-state index contributed by atoms with van der Waals surface area (Å²) in [5.41, 5.74) is -3.84. The van der Waals surface area contributed by atoms with Gasteiger partial charge in [-0.05, 0) is 92.5 Å². The second kappa shape index (κ2) is 38.3. The molecule has 42 heteroatoms. The van der Waals surface area contributed by atoms with Gasteiger partial charge in [-0.15, -0.1) is 0 Å². The van der Waals surface area contributed by atoms with Crippen molar-refractivity contribution in [3.63, 3.8) is 0 Å². The Balaban J connectivity index is 0.000000236. The minimum atomic E-state index is -4.91. The zero-order valence-corrected chi connectivity index (χ0v) is 62.6. The quantitative estimate of drug-likeness (QED) is 0.00360. The summed E-state index contributed by atoms with van der Waals surface area (Å²) in [4.78, 5) is 74.4. The lowest BCUT2D eigenvalue weighted by atomic mass is 9.98. The molecule has 2 amide bonds. The van der Waals surface area contributed by atoms with Crippen LogP contribution in [0.3, 0.4) is 0 Å².